The molecular formula is C16H25N3O5. The largest absolute Gasteiger partial charge is 0.480 e. The van der Waals surface area contributed by atoms with Gasteiger partial charge in [-0.2, -0.15) is 5.10 Å². The Hall–Kier alpha value is -2.09. The van der Waals surface area contributed by atoms with Crippen LogP contribution in [0, 0.1) is 13.8 Å². The van der Waals surface area contributed by atoms with E-state index in [1.54, 1.807) is 11.8 Å². The van der Waals surface area contributed by atoms with Gasteiger partial charge in [-0.1, -0.05) is 0 Å². The van der Waals surface area contributed by atoms with E-state index in [9.17, 15) is 9.59 Å². The molecule has 134 valence electrons. The number of carboxylic acid groups (broad SMARTS) is 1. The van der Waals surface area contributed by atoms with Gasteiger partial charge in [0.15, 0.2) is 0 Å². The van der Waals surface area contributed by atoms with Gasteiger partial charge in [-0.05, 0) is 34.6 Å². The fourth-order valence-electron chi connectivity index (χ4n) is 2.86. The van der Waals surface area contributed by atoms with Gasteiger partial charge in [-0.15, -0.1) is 0 Å². The Morgan fingerprint density at radius 3 is 2.62 bits per heavy atom. The smallest absolute Gasteiger partial charge is 0.410 e. The first-order valence-corrected chi connectivity index (χ1v) is 7.93. The summed E-state index contributed by atoms with van der Waals surface area (Å²) in [6.07, 6.45) is -0.402. The van der Waals surface area contributed by atoms with Crippen LogP contribution < -0.4 is 0 Å². The molecule has 0 aromatic carbocycles. The highest BCUT2D eigenvalue weighted by Crippen LogP contribution is 2.30. The van der Waals surface area contributed by atoms with Gasteiger partial charge < -0.3 is 14.6 Å². The summed E-state index contributed by atoms with van der Waals surface area (Å²) in [4.78, 5) is 25.1. The minimum Gasteiger partial charge on any atom is -0.480 e. The predicted molar refractivity (Wildman–Crippen MR) is 85.8 cm³/mol. The number of carbonyl (C=O) groups is 2. The van der Waals surface area contributed by atoms with Gasteiger partial charge in [0.2, 0.25) is 0 Å². The molecule has 1 aromatic heterocycles. The summed E-state index contributed by atoms with van der Waals surface area (Å²) in [5.41, 5.74) is 1.65. The van der Waals surface area contributed by atoms with Crippen molar-refractivity contribution < 1.29 is 24.2 Å². The number of aromatic nitrogens is 2. The Morgan fingerprint density at radius 1 is 1.38 bits per heavy atom. The lowest BCUT2D eigenvalue weighted by molar-refractivity contribution is -0.137. The van der Waals surface area contributed by atoms with Crippen LogP contribution in [0.1, 0.15) is 43.8 Å². The summed E-state index contributed by atoms with van der Waals surface area (Å²) in [5.74, 6) is -0.962. The van der Waals surface area contributed by atoms with Crippen molar-refractivity contribution in [2.45, 2.75) is 52.8 Å². The van der Waals surface area contributed by atoms with Crippen LogP contribution in [-0.2, 0) is 20.8 Å². The van der Waals surface area contributed by atoms with E-state index in [4.69, 9.17) is 14.6 Å². The fourth-order valence-corrected chi connectivity index (χ4v) is 2.86. The summed E-state index contributed by atoms with van der Waals surface area (Å²) in [5, 5.41) is 13.3. The van der Waals surface area contributed by atoms with Crippen LogP contribution in [0.15, 0.2) is 0 Å². The van der Waals surface area contributed by atoms with E-state index >= 15 is 0 Å². The Kier molecular flexibility index (Phi) is 5.17. The summed E-state index contributed by atoms with van der Waals surface area (Å²) >= 11 is 0. The molecule has 1 N–H and O–H groups in total. The minimum atomic E-state index is -0.962. The van der Waals surface area contributed by atoms with E-state index in [0.717, 1.165) is 11.3 Å². The molecule has 1 aliphatic heterocycles. The van der Waals surface area contributed by atoms with Crippen molar-refractivity contribution in [1.82, 2.24) is 14.7 Å². The molecule has 8 heteroatoms. The lowest BCUT2D eigenvalue weighted by atomic mass is 10.0. The molecule has 0 radical (unpaired) electrons. The molecule has 1 aromatic rings. The van der Waals surface area contributed by atoms with Crippen molar-refractivity contribution in [2.75, 3.05) is 19.8 Å². The third-order valence-corrected chi connectivity index (χ3v) is 3.81. The molecule has 2 rings (SSSR count). The maximum Gasteiger partial charge on any atom is 0.410 e. The number of nitrogens with zero attached hydrogens (tertiary/aromatic N) is 3. The van der Waals surface area contributed by atoms with Gasteiger partial charge in [0.25, 0.3) is 0 Å². The standard InChI is InChI=1S/C16H25N3O5/c1-10-14(11(2)19(17-10)8-13(20)21)12-9-23-7-6-18(12)15(22)24-16(3,4)5/h12H,6-9H2,1-5H3,(H,20,21). The molecule has 1 saturated heterocycles. The van der Waals surface area contributed by atoms with Crippen molar-refractivity contribution in [3.8, 4) is 0 Å². The lowest BCUT2D eigenvalue weighted by Crippen LogP contribution is -2.46. The summed E-state index contributed by atoms with van der Waals surface area (Å²) in [7, 11) is 0. The fraction of sp³-hybridized carbons (Fsp3) is 0.688. The van der Waals surface area contributed by atoms with Gasteiger partial charge in [0.1, 0.15) is 12.1 Å². The van der Waals surface area contributed by atoms with E-state index in [1.165, 1.54) is 4.68 Å². The first-order valence-electron chi connectivity index (χ1n) is 7.93. The van der Waals surface area contributed by atoms with Gasteiger partial charge in [-0.3, -0.25) is 14.4 Å². The number of carbonyl (C=O) groups excluding carboxylic acids is 1. The molecule has 1 aliphatic rings. The summed E-state index contributed by atoms with van der Waals surface area (Å²) < 4.78 is 12.5. The molecule has 0 aliphatic carbocycles. The number of carboxylic acids is 1. The highest BCUT2D eigenvalue weighted by atomic mass is 16.6. The minimum absolute atomic E-state index is 0.216. The highest BCUT2D eigenvalue weighted by molar-refractivity contribution is 5.69. The number of hydrogen-bond donors (Lipinski definition) is 1. The number of amides is 1. The van der Waals surface area contributed by atoms with Crippen LogP contribution >= 0.6 is 0 Å². The van der Waals surface area contributed by atoms with E-state index in [0.29, 0.717) is 25.5 Å². The number of aliphatic carboxylic acids is 1. The van der Waals surface area contributed by atoms with Crippen molar-refractivity contribution >= 4 is 12.1 Å². The maximum atomic E-state index is 12.5. The molecular weight excluding hydrogens is 314 g/mol. The molecule has 2 heterocycles. The van der Waals surface area contributed by atoms with E-state index in [2.05, 4.69) is 5.10 Å². The number of ether oxygens (including phenoxy) is 2. The third-order valence-electron chi connectivity index (χ3n) is 3.81. The van der Waals surface area contributed by atoms with Crippen molar-refractivity contribution in [1.29, 1.82) is 0 Å². The van der Waals surface area contributed by atoms with Crippen LogP contribution in [0.2, 0.25) is 0 Å². The van der Waals surface area contributed by atoms with Gasteiger partial charge in [0.05, 0.1) is 24.9 Å². The number of rotatable bonds is 3. The summed E-state index contributed by atoms with van der Waals surface area (Å²) in [6, 6.07) is -0.337. The first kappa shape index (κ1) is 18.3. The molecule has 1 amide bonds. The number of hydrogen-bond acceptors (Lipinski definition) is 5. The van der Waals surface area contributed by atoms with E-state index in [1.807, 2.05) is 27.7 Å². The molecule has 8 nitrogen and oxygen atoms in total. The van der Waals surface area contributed by atoms with Gasteiger partial charge >= 0.3 is 12.1 Å². The average Bonchev–Trinajstić information content (AvgIpc) is 2.71. The molecule has 24 heavy (non-hydrogen) atoms. The van der Waals surface area contributed by atoms with Crippen LogP contribution in [0.5, 0.6) is 0 Å². The van der Waals surface area contributed by atoms with Crippen LogP contribution in [0.4, 0.5) is 4.79 Å². The van der Waals surface area contributed by atoms with Crippen molar-refractivity contribution in [3.05, 3.63) is 17.0 Å². The third kappa shape index (κ3) is 4.05. The maximum absolute atomic E-state index is 12.5. The van der Waals surface area contributed by atoms with Gasteiger partial charge in [0, 0.05) is 17.8 Å². The monoisotopic (exact) mass is 339 g/mol. The molecule has 0 saturated carbocycles. The Balaban J connectivity index is 2.32. The van der Waals surface area contributed by atoms with Crippen LogP contribution in [0.3, 0.4) is 0 Å². The second kappa shape index (κ2) is 6.80. The molecule has 0 spiro atoms. The second-order valence-electron chi connectivity index (χ2n) is 6.90. The SMILES string of the molecule is Cc1nn(CC(=O)O)c(C)c1C1COCCN1C(=O)OC(C)(C)C. The van der Waals surface area contributed by atoms with Crippen LogP contribution in [0.25, 0.3) is 0 Å². The Labute approximate surface area is 141 Å². The molecule has 1 fully saturated rings. The van der Waals surface area contributed by atoms with Gasteiger partial charge in [-0.25, -0.2) is 4.79 Å². The van der Waals surface area contributed by atoms with Crippen LogP contribution in [-0.4, -0.2) is 57.2 Å². The predicted octanol–water partition coefficient (Wildman–Crippen LogP) is 1.89. The van der Waals surface area contributed by atoms with E-state index in [-0.39, 0.29) is 12.6 Å². The normalized spacial score (nSPS) is 18.5. The lowest BCUT2D eigenvalue weighted by Gasteiger charge is -2.36. The Bertz CT molecular complexity index is 632. The van der Waals surface area contributed by atoms with Crippen molar-refractivity contribution in [2.24, 2.45) is 0 Å². The second-order valence-corrected chi connectivity index (χ2v) is 6.90. The first-order chi connectivity index (χ1) is 11.1. The molecule has 1 unspecified atom stereocenters. The zero-order valence-electron chi connectivity index (χ0n) is 14.8. The summed E-state index contributed by atoms with van der Waals surface area (Å²) in [6.45, 7) is 10.1. The zero-order chi connectivity index (χ0) is 18.1. The Morgan fingerprint density at radius 2 is 2.04 bits per heavy atom. The highest BCUT2D eigenvalue weighted by Gasteiger charge is 2.35. The topological polar surface area (TPSA) is 93.9 Å². The molecule has 1 atom stereocenters. The zero-order valence-corrected chi connectivity index (χ0v) is 14.8. The van der Waals surface area contributed by atoms with E-state index < -0.39 is 17.7 Å². The molecule has 0 bridgehead atoms. The quantitative estimate of drug-likeness (QED) is 0.904. The van der Waals surface area contributed by atoms with Crippen molar-refractivity contribution in [3.63, 3.8) is 0 Å². The number of aryl methyl sites for hydroxylation is 1. The number of morpholine rings is 1. The average molecular weight is 339 g/mol.